The molecule has 0 amide bonds. The summed E-state index contributed by atoms with van der Waals surface area (Å²) in [5.74, 6) is -5.97. The van der Waals surface area contributed by atoms with Crippen molar-refractivity contribution in [3.8, 4) is 5.69 Å². The summed E-state index contributed by atoms with van der Waals surface area (Å²) in [6.07, 6.45) is -11.2. The standard InChI is InChI=1S/C46H50N2O18S2/c1-21(49)57-19-32-36(59-23(3)51)38(60-24(4)52)40(62-26(6)54)44(64-32)66-37-33(20-58-22(2)50)65-45(41(63-27(7)55)39(37)61-25(5)53)68-46-47-42-35(31-14-10-11-15-34(31)67-42)43(56)48(46)30-17-16-28-12-8-9-13-29(28)18-30/h8-9,12-13,16-18,32-33,36-41,44-45H,10-11,14-15,19-20H2,1-7H3/t32-,33-,36+,37-,38+,39+,40-,41-,44+,45-/m0/s1. The number of fused-ring (bicyclic) bond motifs is 4. The quantitative estimate of drug-likeness (QED) is 0.0976. The molecule has 3 aliphatic rings. The van der Waals surface area contributed by atoms with Gasteiger partial charge in [-0.3, -0.25) is 42.9 Å². The Bertz CT molecular complexity index is 2660. The molecular weight excluding hydrogens is 933 g/mol. The van der Waals surface area contributed by atoms with Crippen LogP contribution in [0, 0.1) is 0 Å². The number of benzene rings is 2. The number of hydrogen-bond donors (Lipinski definition) is 0. The molecule has 7 rings (SSSR count). The predicted octanol–water partition coefficient (Wildman–Crippen LogP) is 4.19. The summed E-state index contributed by atoms with van der Waals surface area (Å²) in [7, 11) is 0. The van der Waals surface area contributed by atoms with Crippen molar-refractivity contribution in [2.45, 2.75) is 140 Å². The largest absolute Gasteiger partial charge is 0.463 e. The Hall–Kier alpha value is -5.94. The number of carbonyl (C=O) groups is 7. The number of aryl methyl sites for hydroxylation is 2. The number of carbonyl (C=O) groups excluding carboxylic acids is 7. The third kappa shape index (κ3) is 11.5. The van der Waals surface area contributed by atoms with E-state index in [0.717, 1.165) is 101 Å². The van der Waals surface area contributed by atoms with Gasteiger partial charge in [0.25, 0.3) is 5.56 Å². The third-order valence-electron chi connectivity index (χ3n) is 11.1. The molecule has 2 saturated heterocycles. The lowest BCUT2D eigenvalue weighted by Gasteiger charge is -2.48. The van der Waals surface area contributed by atoms with Crippen molar-refractivity contribution in [2.75, 3.05) is 13.2 Å². The Kier molecular flexibility index (Phi) is 15.8. The van der Waals surface area contributed by atoms with Crippen LogP contribution in [0.15, 0.2) is 52.4 Å². The first-order chi connectivity index (χ1) is 32.4. The molecule has 0 saturated carbocycles. The molecule has 0 N–H and O–H groups in total. The second-order valence-corrected chi connectivity index (χ2v) is 18.4. The Balaban J connectivity index is 1.36. The van der Waals surface area contributed by atoms with E-state index >= 15 is 0 Å². The zero-order valence-electron chi connectivity index (χ0n) is 38.1. The maximum atomic E-state index is 14.9. The summed E-state index contributed by atoms with van der Waals surface area (Å²) in [5.41, 5.74) is -0.307. The topological polar surface area (TPSA) is 247 Å². The molecular formula is C46H50N2O18S2. The van der Waals surface area contributed by atoms with Gasteiger partial charge in [0.2, 0.25) is 0 Å². The Labute approximate surface area is 397 Å². The normalized spacial score (nSPS) is 25.6. The van der Waals surface area contributed by atoms with E-state index in [2.05, 4.69) is 0 Å². The molecule has 2 aromatic carbocycles. The molecule has 20 nitrogen and oxygen atoms in total. The lowest BCUT2D eigenvalue weighted by atomic mass is 9.96. The van der Waals surface area contributed by atoms with Crippen LogP contribution >= 0.6 is 23.1 Å². The lowest BCUT2D eigenvalue weighted by molar-refractivity contribution is -0.341. The van der Waals surface area contributed by atoms with Crippen molar-refractivity contribution in [1.29, 1.82) is 0 Å². The van der Waals surface area contributed by atoms with Crippen LogP contribution in [0.5, 0.6) is 0 Å². The fraction of sp³-hybridized carbons (Fsp3) is 0.500. The van der Waals surface area contributed by atoms with Gasteiger partial charge in [-0.05, 0) is 54.2 Å². The minimum absolute atomic E-state index is 0.116. The molecule has 2 aliphatic heterocycles. The Morgan fingerprint density at radius 3 is 1.81 bits per heavy atom. The summed E-state index contributed by atoms with van der Waals surface area (Å²) in [6.45, 7) is 6.40. The maximum Gasteiger partial charge on any atom is 0.303 e. The van der Waals surface area contributed by atoms with Crippen LogP contribution in [0.25, 0.3) is 26.7 Å². The molecule has 4 heterocycles. The van der Waals surface area contributed by atoms with Gasteiger partial charge in [-0.25, -0.2) is 4.98 Å². The second kappa shape index (κ2) is 21.6. The van der Waals surface area contributed by atoms with Gasteiger partial charge in [-0.2, -0.15) is 0 Å². The molecule has 2 fully saturated rings. The van der Waals surface area contributed by atoms with Gasteiger partial charge in [0.05, 0.1) is 11.1 Å². The third-order valence-corrected chi connectivity index (χ3v) is 13.3. The molecule has 4 aromatic rings. The van der Waals surface area contributed by atoms with Crippen LogP contribution in [-0.4, -0.2) is 125 Å². The van der Waals surface area contributed by atoms with Crippen LogP contribution < -0.4 is 5.56 Å². The van der Waals surface area contributed by atoms with Crippen LogP contribution in [0.3, 0.4) is 0 Å². The fourth-order valence-corrected chi connectivity index (χ4v) is 11.0. The number of rotatable bonds is 14. The van der Waals surface area contributed by atoms with Gasteiger partial charge in [0.15, 0.2) is 47.4 Å². The van der Waals surface area contributed by atoms with Crippen molar-refractivity contribution < 1.29 is 80.9 Å². The molecule has 0 radical (unpaired) electrons. The first-order valence-electron chi connectivity index (χ1n) is 21.7. The van der Waals surface area contributed by atoms with Crippen molar-refractivity contribution in [3.63, 3.8) is 0 Å². The first-order valence-corrected chi connectivity index (χ1v) is 23.4. The second-order valence-electron chi connectivity index (χ2n) is 16.2. The van der Waals surface area contributed by atoms with Crippen LogP contribution in [-0.2, 0) is 93.8 Å². The van der Waals surface area contributed by atoms with Crippen LogP contribution in [0.4, 0.5) is 0 Å². The molecule has 68 heavy (non-hydrogen) atoms. The predicted molar refractivity (Wildman–Crippen MR) is 238 cm³/mol. The highest BCUT2D eigenvalue weighted by atomic mass is 32.2. The average molecular weight is 983 g/mol. The van der Waals surface area contributed by atoms with Crippen LogP contribution in [0.1, 0.15) is 71.7 Å². The van der Waals surface area contributed by atoms with E-state index in [1.165, 1.54) is 15.9 Å². The summed E-state index contributed by atoms with van der Waals surface area (Å²) in [6, 6.07) is 13.1. The summed E-state index contributed by atoms with van der Waals surface area (Å²) in [4.78, 5) is 110. The Morgan fingerprint density at radius 2 is 1.19 bits per heavy atom. The van der Waals surface area contributed by atoms with E-state index in [4.69, 9.17) is 52.4 Å². The fourth-order valence-electron chi connectivity index (χ4n) is 8.48. The molecule has 0 unspecified atom stereocenters. The van der Waals surface area contributed by atoms with Crippen molar-refractivity contribution in [1.82, 2.24) is 9.55 Å². The van der Waals surface area contributed by atoms with E-state index in [1.807, 2.05) is 36.4 Å². The minimum Gasteiger partial charge on any atom is -0.463 e. The molecule has 0 bridgehead atoms. The van der Waals surface area contributed by atoms with E-state index in [9.17, 15) is 38.4 Å². The van der Waals surface area contributed by atoms with E-state index < -0.39 is 116 Å². The smallest absolute Gasteiger partial charge is 0.303 e. The van der Waals surface area contributed by atoms with E-state index in [1.54, 1.807) is 6.07 Å². The molecule has 364 valence electrons. The van der Waals surface area contributed by atoms with Gasteiger partial charge in [0.1, 0.15) is 36.4 Å². The number of nitrogens with zero attached hydrogens (tertiary/aromatic N) is 2. The number of esters is 7. The summed E-state index contributed by atoms with van der Waals surface area (Å²) < 4.78 is 60.1. The van der Waals surface area contributed by atoms with Crippen molar-refractivity contribution in [2.24, 2.45) is 0 Å². The highest BCUT2D eigenvalue weighted by molar-refractivity contribution is 7.99. The van der Waals surface area contributed by atoms with Crippen molar-refractivity contribution in [3.05, 3.63) is 63.3 Å². The number of aromatic nitrogens is 2. The maximum absolute atomic E-state index is 14.9. The van der Waals surface area contributed by atoms with E-state index in [-0.39, 0.29) is 10.7 Å². The lowest BCUT2D eigenvalue weighted by Crippen LogP contribution is -2.66. The summed E-state index contributed by atoms with van der Waals surface area (Å²) >= 11 is 2.30. The molecule has 2 aromatic heterocycles. The van der Waals surface area contributed by atoms with Gasteiger partial charge in [0, 0.05) is 53.3 Å². The van der Waals surface area contributed by atoms with Gasteiger partial charge < -0.3 is 47.4 Å². The molecule has 0 spiro atoms. The average Bonchev–Trinajstić information content (AvgIpc) is 3.64. The monoisotopic (exact) mass is 982 g/mol. The summed E-state index contributed by atoms with van der Waals surface area (Å²) in [5, 5.41) is 2.37. The van der Waals surface area contributed by atoms with Gasteiger partial charge in [-0.1, -0.05) is 42.1 Å². The molecule has 22 heteroatoms. The highest BCUT2D eigenvalue weighted by Crippen LogP contribution is 2.42. The SMILES string of the molecule is CC(=O)OC[C@@H]1O[C@@H](Sc2nc3sc4c(c3c(=O)n2-c2ccc3ccccc3c2)CCCC4)[C@@H](OC(C)=O)[C@H](OC(C)=O)[C@H]1O[C@H]1O[C@@H](COC(C)=O)[C@@H](OC(C)=O)[C@@H](OC(C)=O)[C@@H]1OC(C)=O. The zero-order valence-corrected chi connectivity index (χ0v) is 39.7. The zero-order chi connectivity index (χ0) is 49.0. The number of thiophene rings is 1. The number of ether oxygens (including phenoxy) is 10. The highest BCUT2D eigenvalue weighted by Gasteiger charge is 2.58. The molecule has 10 atom stereocenters. The van der Waals surface area contributed by atoms with Crippen molar-refractivity contribution >= 4 is 85.9 Å². The Morgan fingerprint density at radius 1 is 0.647 bits per heavy atom. The number of hydrogen-bond acceptors (Lipinski definition) is 21. The van der Waals surface area contributed by atoms with Gasteiger partial charge >= 0.3 is 41.8 Å². The van der Waals surface area contributed by atoms with Crippen LogP contribution in [0.2, 0.25) is 0 Å². The molecule has 1 aliphatic carbocycles. The van der Waals surface area contributed by atoms with E-state index in [0.29, 0.717) is 22.3 Å². The van der Waals surface area contributed by atoms with Gasteiger partial charge in [-0.15, -0.1) is 11.3 Å². The first kappa shape index (κ1) is 50.0. The number of thioether (sulfide) groups is 1. The minimum atomic E-state index is -1.85.